The van der Waals surface area contributed by atoms with Crippen molar-refractivity contribution in [2.45, 2.75) is 24.9 Å². The Balaban J connectivity index is 1.96. The van der Waals surface area contributed by atoms with Gasteiger partial charge in [0.1, 0.15) is 11.8 Å². The molecule has 0 bridgehead atoms. The number of amides is 1. The molecule has 0 aliphatic rings. The van der Waals surface area contributed by atoms with Crippen LogP contribution in [0.15, 0.2) is 36.8 Å². The van der Waals surface area contributed by atoms with Crippen molar-refractivity contribution < 1.29 is 19.8 Å². The topological polar surface area (TPSA) is 141 Å². The van der Waals surface area contributed by atoms with Crippen LogP contribution in [0.5, 0.6) is 5.75 Å². The van der Waals surface area contributed by atoms with Crippen LogP contribution >= 0.6 is 0 Å². The molecule has 23 heavy (non-hydrogen) atoms. The second kappa shape index (κ2) is 7.41. The quantitative estimate of drug-likeness (QED) is 0.478. The first-order chi connectivity index (χ1) is 11.0. The van der Waals surface area contributed by atoms with Crippen LogP contribution in [0, 0.1) is 0 Å². The van der Waals surface area contributed by atoms with E-state index in [0.717, 1.165) is 0 Å². The maximum Gasteiger partial charge on any atom is 0.326 e. The Labute approximate surface area is 132 Å². The van der Waals surface area contributed by atoms with Gasteiger partial charge in [-0.15, -0.1) is 0 Å². The minimum atomic E-state index is -1.15. The van der Waals surface area contributed by atoms with Gasteiger partial charge in [-0.25, -0.2) is 9.78 Å². The number of carbonyl (C=O) groups excluding carboxylic acids is 1. The van der Waals surface area contributed by atoms with E-state index < -0.39 is 24.0 Å². The molecule has 2 rings (SSSR count). The highest BCUT2D eigenvalue weighted by Gasteiger charge is 2.24. The molecule has 0 saturated carbocycles. The van der Waals surface area contributed by atoms with Crippen molar-refractivity contribution in [3.63, 3.8) is 0 Å². The van der Waals surface area contributed by atoms with Crippen LogP contribution < -0.4 is 11.1 Å². The number of phenols is 1. The van der Waals surface area contributed by atoms with E-state index in [2.05, 4.69) is 15.3 Å². The Kier molecular flexibility index (Phi) is 5.32. The van der Waals surface area contributed by atoms with Crippen molar-refractivity contribution in [3.8, 4) is 5.75 Å². The number of benzene rings is 1. The lowest BCUT2D eigenvalue weighted by molar-refractivity contribution is -0.141. The maximum absolute atomic E-state index is 12.1. The first-order valence-electron chi connectivity index (χ1n) is 6.99. The second-order valence-corrected chi connectivity index (χ2v) is 5.16. The molecule has 1 aromatic heterocycles. The molecule has 8 nitrogen and oxygen atoms in total. The van der Waals surface area contributed by atoms with Crippen LogP contribution in [0.4, 0.5) is 0 Å². The summed E-state index contributed by atoms with van der Waals surface area (Å²) in [6.07, 6.45) is 3.36. The lowest BCUT2D eigenvalue weighted by atomic mass is 10.0. The average molecular weight is 318 g/mol. The first-order valence-corrected chi connectivity index (χ1v) is 6.99. The normalized spacial score (nSPS) is 13.3. The van der Waals surface area contributed by atoms with Crippen molar-refractivity contribution in [1.82, 2.24) is 15.3 Å². The van der Waals surface area contributed by atoms with Gasteiger partial charge in [-0.05, 0) is 17.7 Å². The number of hydrogen-bond acceptors (Lipinski definition) is 5. The van der Waals surface area contributed by atoms with Gasteiger partial charge in [0.2, 0.25) is 5.91 Å². The smallest absolute Gasteiger partial charge is 0.326 e. The van der Waals surface area contributed by atoms with E-state index in [1.165, 1.54) is 18.5 Å². The number of aromatic amines is 1. The van der Waals surface area contributed by atoms with E-state index in [1.807, 2.05) is 0 Å². The molecule has 6 N–H and O–H groups in total. The largest absolute Gasteiger partial charge is 0.508 e. The summed E-state index contributed by atoms with van der Waals surface area (Å²) in [6, 6.07) is 4.14. The molecule has 1 heterocycles. The molecule has 1 amide bonds. The summed E-state index contributed by atoms with van der Waals surface area (Å²) in [5.74, 6) is -1.61. The van der Waals surface area contributed by atoms with Gasteiger partial charge in [-0.2, -0.15) is 0 Å². The van der Waals surface area contributed by atoms with Gasteiger partial charge >= 0.3 is 5.97 Å². The van der Waals surface area contributed by atoms with Gasteiger partial charge in [0.25, 0.3) is 0 Å². The van der Waals surface area contributed by atoms with E-state index in [0.29, 0.717) is 11.3 Å². The van der Waals surface area contributed by atoms with E-state index in [9.17, 15) is 19.8 Å². The average Bonchev–Trinajstić information content (AvgIpc) is 3.01. The number of phenolic OH excluding ortho intramolecular Hbond substituents is 1. The minimum Gasteiger partial charge on any atom is -0.508 e. The maximum atomic E-state index is 12.1. The number of nitrogens with zero attached hydrogens (tertiary/aromatic N) is 1. The summed E-state index contributed by atoms with van der Waals surface area (Å²) in [6.45, 7) is 0. The third kappa shape index (κ3) is 4.82. The lowest BCUT2D eigenvalue weighted by Gasteiger charge is -2.17. The van der Waals surface area contributed by atoms with Gasteiger partial charge < -0.3 is 26.2 Å². The number of hydrogen-bond donors (Lipinski definition) is 5. The molecule has 122 valence electrons. The van der Waals surface area contributed by atoms with Crippen LogP contribution in [0.3, 0.4) is 0 Å². The molecule has 0 saturated heterocycles. The second-order valence-electron chi connectivity index (χ2n) is 5.16. The molecule has 0 spiro atoms. The summed E-state index contributed by atoms with van der Waals surface area (Å²) in [5, 5.41) is 20.9. The molecule has 2 atom stereocenters. The van der Waals surface area contributed by atoms with Crippen molar-refractivity contribution in [2.24, 2.45) is 5.73 Å². The zero-order valence-corrected chi connectivity index (χ0v) is 12.3. The summed E-state index contributed by atoms with van der Waals surface area (Å²) < 4.78 is 0. The summed E-state index contributed by atoms with van der Waals surface area (Å²) in [7, 11) is 0. The van der Waals surface area contributed by atoms with E-state index in [1.54, 1.807) is 18.3 Å². The molecule has 0 aliphatic heterocycles. The van der Waals surface area contributed by atoms with E-state index in [-0.39, 0.29) is 18.6 Å². The van der Waals surface area contributed by atoms with Gasteiger partial charge in [-0.3, -0.25) is 4.79 Å². The Morgan fingerprint density at radius 1 is 1.26 bits per heavy atom. The minimum absolute atomic E-state index is 0.0891. The molecule has 2 aromatic rings. The van der Waals surface area contributed by atoms with Crippen LogP contribution in [0.1, 0.15) is 11.3 Å². The number of imidazole rings is 1. The van der Waals surface area contributed by atoms with Crippen LogP contribution in [-0.4, -0.2) is 44.1 Å². The number of rotatable bonds is 7. The predicted molar refractivity (Wildman–Crippen MR) is 81.6 cm³/mol. The molecule has 0 unspecified atom stereocenters. The number of carboxylic acids is 1. The Hall–Kier alpha value is -2.87. The molecular weight excluding hydrogens is 300 g/mol. The number of aromatic hydroxyl groups is 1. The van der Waals surface area contributed by atoms with Gasteiger partial charge in [-0.1, -0.05) is 12.1 Å². The SMILES string of the molecule is N[C@H](Cc1cnc[nH]1)C(=O)N[C@@H](Cc1ccc(O)cc1)C(=O)O. The number of aliphatic carboxylic acids is 1. The third-order valence-corrected chi connectivity index (χ3v) is 3.32. The summed E-state index contributed by atoms with van der Waals surface area (Å²) in [4.78, 5) is 30.0. The van der Waals surface area contributed by atoms with Crippen molar-refractivity contribution in [3.05, 3.63) is 48.0 Å². The molecular formula is C15H18N4O4. The van der Waals surface area contributed by atoms with E-state index in [4.69, 9.17) is 5.73 Å². The van der Waals surface area contributed by atoms with Gasteiger partial charge in [0.15, 0.2) is 0 Å². The van der Waals surface area contributed by atoms with Crippen molar-refractivity contribution in [2.75, 3.05) is 0 Å². The fraction of sp³-hybridized carbons (Fsp3) is 0.267. The van der Waals surface area contributed by atoms with Crippen LogP contribution in [0.2, 0.25) is 0 Å². The molecule has 0 radical (unpaired) electrons. The first kappa shape index (κ1) is 16.5. The summed E-state index contributed by atoms with van der Waals surface area (Å²) >= 11 is 0. The fourth-order valence-corrected chi connectivity index (χ4v) is 2.07. The number of nitrogens with one attached hydrogen (secondary N) is 2. The highest BCUT2D eigenvalue weighted by atomic mass is 16.4. The van der Waals surface area contributed by atoms with Crippen LogP contribution in [-0.2, 0) is 22.4 Å². The molecule has 8 heteroatoms. The molecule has 0 aliphatic carbocycles. The van der Waals surface area contributed by atoms with Crippen LogP contribution in [0.25, 0.3) is 0 Å². The Bertz CT molecular complexity index is 655. The number of H-pyrrole nitrogens is 1. The third-order valence-electron chi connectivity index (χ3n) is 3.32. The predicted octanol–water partition coefficient (Wildman–Crippen LogP) is -0.203. The number of nitrogens with two attached hydrogens (primary N) is 1. The summed E-state index contributed by atoms with van der Waals surface area (Å²) in [5.41, 5.74) is 7.16. The zero-order valence-electron chi connectivity index (χ0n) is 12.3. The number of carboxylic acid groups (broad SMARTS) is 1. The standard InChI is InChI=1S/C15H18N4O4/c16-12(6-10-7-17-8-18-10)14(21)19-13(15(22)23)5-9-1-3-11(20)4-2-9/h1-4,7-8,12-13,20H,5-6,16H2,(H,17,18)(H,19,21)(H,22,23)/t12-,13+/m1/s1. The fourth-order valence-electron chi connectivity index (χ4n) is 2.07. The number of aromatic nitrogens is 2. The Morgan fingerprint density at radius 2 is 1.96 bits per heavy atom. The van der Waals surface area contributed by atoms with Gasteiger partial charge in [0.05, 0.1) is 12.4 Å². The molecule has 0 fully saturated rings. The van der Waals surface area contributed by atoms with E-state index >= 15 is 0 Å². The molecule has 1 aromatic carbocycles. The van der Waals surface area contributed by atoms with Gasteiger partial charge in [0, 0.05) is 24.7 Å². The monoisotopic (exact) mass is 318 g/mol. The number of carbonyl (C=O) groups is 2. The Morgan fingerprint density at radius 3 is 2.52 bits per heavy atom. The highest BCUT2D eigenvalue weighted by Crippen LogP contribution is 2.11. The lowest BCUT2D eigenvalue weighted by Crippen LogP contribution is -2.50. The highest BCUT2D eigenvalue weighted by molar-refractivity contribution is 5.87. The van der Waals surface area contributed by atoms with Crippen molar-refractivity contribution >= 4 is 11.9 Å². The van der Waals surface area contributed by atoms with Crippen molar-refractivity contribution in [1.29, 1.82) is 0 Å². The zero-order chi connectivity index (χ0) is 16.8.